The van der Waals surface area contributed by atoms with E-state index < -0.39 is 0 Å². The van der Waals surface area contributed by atoms with Crippen LogP contribution in [0.4, 0.5) is 0 Å². The molecule has 3 aliphatic heterocycles. The number of ether oxygens (including phenoxy) is 1. The minimum absolute atomic E-state index is 0.140. The van der Waals surface area contributed by atoms with E-state index in [0.717, 1.165) is 39.1 Å². The summed E-state index contributed by atoms with van der Waals surface area (Å²) in [4.78, 5) is 14.4. The second kappa shape index (κ2) is 4.00. The highest BCUT2D eigenvalue weighted by Gasteiger charge is 2.49. The molecular formula is C12H20N2O2. The normalized spacial score (nSPS) is 38.8. The molecule has 1 amide bonds. The fraction of sp³-hybridized carbons (Fsp3) is 0.917. The van der Waals surface area contributed by atoms with Crippen LogP contribution in [0.5, 0.6) is 0 Å². The molecule has 3 saturated heterocycles. The Hall–Kier alpha value is -0.610. The van der Waals surface area contributed by atoms with Crippen molar-refractivity contribution in [3.8, 4) is 0 Å². The van der Waals surface area contributed by atoms with Crippen molar-refractivity contribution in [2.24, 2.45) is 0 Å². The highest BCUT2D eigenvalue weighted by atomic mass is 16.5. The highest BCUT2D eigenvalue weighted by Crippen LogP contribution is 2.37. The summed E-state index contributed by atoms with van der Waals surface area (Å²) in [5.41, 5.74) is 0.140. The van der Waals surface area contributed by atoms with Crippen LogP contribution < -0.4 is 5.32 Å². The Bertz CT molecular complexity index is 281. The molecule has 2 atom stereocenters. The molecule has 0 bridgehead atoms. The maximum atomic E-state index is 12.3. The predicted molar refractivity (Wildman–Crippen MR) is 60.1 cm³/mol. The Morgan fingerprint density at radius 2 is 2.31 bits per heavy atom. The van der Waals surface area contributed by atoms with Crippen LogP contribution in [-0.2, 0) is 9.53 Å². The van der Waals surface area contributed by atoms with Gasteiger partial charge in [0.1, 0.15) is 6.10 Å². The molecular weight excluding hydrogens is 204 g/mol. The second-order valence-electron chi connectivity index (χ2n) is 5.25. The molecule has 0 radical (unpaired) electrons. The number of carbonyl (C=O) groups excluding carboxylic acids is 1. The molecule has 3 rings (SSSR count). The molecule has 1 N–H and O–H groups in total. The van der Waals surface area contributed by atoms with Crippen LogP contribution in [0.2, 0.25) is 0 Å². The zero-order valence-corrected chi connectivity index (χ0v) is 9.71. The van der Waals surface area contributed by atoms with E-state index in [0.29, 0.717) is 0 Å². The van der Waals surface area contributed by atoms with Gasteiger partial charge in [-0.25, -0.2) is 0 Å². The van der Waals surface area contributed by atoms with E-state index in [1.165, 1.54) is 19.3 Å². The summed E-state index contributed by atoms with van der Waals surface area (Å²) < 4.78 is 5.49. The first-order valence-corrected chi connectivity index (χ1v) is 6.46. The van der Waals surface area contributed by atoms with E-state index in [9.17, 15) is 4.79 Å². The molecule has 0 aliphatic carbocycles. The number of nitrogens with one attached hydrogen (secondary N) is 1. The Balaban J connectivity index is 1.67. The molecule has 3 heterocycles. The molecule has 3 fully saturated rings. The SMILES string of the molecule is O=C(C1CCCO1)N1CCC12CCCNC2. The van der Waals surface area contributed by atoms with E-state index in [1.54, 1.807) is 0 Å². The molecule has 0 saturated carbocycles. The quantitative estimate of drug-likeness (QED) is 0.706. The second-order valence-corrected chi connectivity index (χ2v) is 5.25. The molecule has 90 valence electrons. The van der Waals surface area contributed by atoms with Crippen molar-refractivity contribution >= 4 is 5.91 Å². The monoisotopic (exact) mass is 224 g/mol. The van der Waals surface area contributed by atoms with Crippen LogP contribution in [0, 0.1) is 0 Å². The fourth-order valence-corrected chi connectivity index (χ4v) is 3.23. The number of carbonyl (C=O) groups is 1. The molecule has 3 aliphatic rings. The Morgan fingerprint density at radius 1 is 1.38 bits per heavy atom. The van der Waals surface area contributed by atoms with E-state index in [4.69, 9.17) is 4.74 Å². The number of hydrogen-bond donors (Lipinski definition) is 1. The average molecular weight is 224 g/mol. The lowest BCUT2D eigenvalue weighted by molar-refractivity contribution is -0.159. The molecule has 0 aromatic carbocycles. The topological polar surface area (TPSA) is 41.6 Å². The molecule has 1 spiro atoms. The summed E-state index contributed by atoms with van der Waals surface area (Å²) in [6, 6.07) is 0. The molecule has 16 heavy (non-hydrogen) atoms. The average Bonchev–Trinajstić information content (AvgIpc) is 2.82. The first-order chi connectivity index (χ1) is 7.82. The van der Waals surface area contributed by atoms with Gasteiger partial charge in [0.05, 0.1) is 5.54 Å². The lowest BCUT2D eigenvalue weighted by Gasteiger charge is -2.55. The predicted octanol–water partition coefficient (Wildman–Crippen LogP) is 0.520. The minimum atomic E-state index is -0.140. The third kappa shape index (κ3) is 1.55. The summed E-state index contributed by atoms with van der Waals surface area (Å²) in [7, 11) is 0. The summed E-state index contributed by atoms with van der Waals surface area (Å²) in [5.74, 6) is 0.243. The lowest BCUT2D eigenvalue weighted by atomic mass is 9.78. The number of rotatable bonds is 1. The number of likely N-dealkylation sites (tertiary alicyclic amines) is 1. The van der Waals surface area contributed by atoms with Gasteiger partial charge >= 0.3 is 0 Å². The first kappa shape index (κ1) is 10.5. The van der Waals surface area contributed by atoms with E-state index in [2.05, 4.69) is 10.2 Å². The Kier molecular flexibility index (Phi) is 2.64. The summed E-state index contributed by atoms with van der Waals surface area (Å²) in [6.45, 7) is 3.77. The zero-order chi connectivity index (χ0) is 11.0. The van der Waals surface area contributed by atoms with Crippen molar-refractivity contribution in [2.45, 2.75) is 43.7 Å². The maximum absolute atomic E-state index is 12.3. The molecule has 0 aromatic heterocycles. The summed E-state index contributed by atoms with van der Waals surface area (Å²) in [5, 5.41) is 3.42. The van der Waals surface area contributed by atoms with Crippen molar-refractivity contribution in [3.63, 3.8) is 0 Å². The van der Waals surface area contributed by atoms with Gasteiger partial charge < -0.3 is 15.0 Å². The first-order valence-electron chi connectivity index (χ1n) is 6.46. The number of amides is 1. The lowest BCUT2D eigenvalue weighted by Crippen LogP contribution is -2.69. The van der Waals surface area contributed by atoms with Crippen molar-refractivity contribution in [1.29, 1.82) is 0 Å². The van der Waals surface area contributed by atoms with Crippen LogP contribution in [0.1, 0.15) is 32.1 Å². The number of piperidine rings is 1. The van der Waals surface area contributed by atoms with Gasteiger partial charge in [-0.1, -0.05) is 0 Å². The summed E-state index contributed by atoms with van der Waals surface area (Å²) in [6.07, 6.45) is 5.33. The molecule has 4 heteroatoms. The van der Waals surface area contributed by atoms with Crippen LogP contribution in [0.15, 0.2) is 0 Å². The van der Waals surface area contributed by atoms with Crippen LogP contribution in [0.3, 0.4) is 0 Å². The molecule has 2 unspecified atom stereocenters. The van der Waals surface area contributed by atoms with Crippen molar-refractivity contribution in [1.82, 2.24) is 10.2 Å². The smallest absolute Gasteiger partial charge is 0.252 e. The van der Waals surface area contributed by atoms with E-state index in [-0.39, 0.29) is 17.6 Å². The van der Waals surface area contributed by atoms with Gasteiger partial charge in [0.25, 0.3) is 5.91 Å². The Labute approximate surface area is 96.3 Å². The maximum Gasteiger partial charge on any atom is 0.252 e. The molecule has 4 nitrogen and oxygen atoms in total. The van der Waals surface area contributed by atoms with Crippen molar-refractivity contribution in [2.75, 3.05) is 26.2 Å². The highest BCUT2D eigenvalue weighted by molar-refractivity contribution is 5.83. The van der Waals surface area contributed by atoms with Gasteiger partial charge in [-0.05, 0) is 38.6 Å². The standard InChI is InChI=1S/C12H20N2O2/c15-11(10-3-1-8-16-10)14-7-5-12(14)4-2-6-13-9-12/h10,13H,1-9H2. The van der Waals surface area contributed by atoms with Gasteiger partial charge in [0.15, 0.2) is 0 Å². The third-order valence-electron chi connectivity index (χ3n) is 4.29. The zero-order valence-electron chi connectivity index (χ0n) is 9.71. The van der Waals surface area contributed by atoms with Crippen LogP contribution >= 0.6 is 0 Å². The van der Waals surface area contributed by atoms with Gasteiger partial charge in [0, 0.05) is 19.7 Å². The Morgan fingerprint density at radius 3 is 2.88 bits per heavy atom. The van der Waals surface area contributed by atoms with Gasteiger partial charge in [-0.15, -0.1) is 0 Å². The van der Waals surface area contributed by atoms with Crippen LogP contribution in [0.25, 0.3) is 0 Å². The minimum Gasteiger partial charge on any atom is -0.368 e. The fourth-order valence-electron chi connectivity index (χ4n) is 3.23. The number of hydrogen-bond acceptors (Lipinski definition) is 3. The van der Waals surface area contributed by atoms with Crippen LogP contribution in [-0.4, -0.2) is 48.7 Å². The largest absolute Gasteiger partial charge is 0.368 e. The van der Waals surface area contributed by atoms with Gasteiger partial charge in [0.2, 0.25) is 0 Å². The van der Waals surface area contributed by atoms with Crippen molar-refractivity contribution < 1.29 is 9.53 Å². The third-order valence-corrected chi connectivity index (χ3v) is 4.29. The number of nitrogens with zero attached hydrogens (tertiary/aromatic N) is 1. The van der Waals surface area contributed by atoms with Gasteiger partial charge in [-0.3, -0.25) is 4.79 Å². The summed E-state index contributed by atoms with van der Waals surface area (Å²) >= 11 is 0. The van der Waals surface area contributed by atoms with Gasteiger partial charge in [-0.2, -0.15) is 0 Å². The van der Waals surface area contributed by atoms with E-state index >= 15 is 0 Å². The molecule has 0 aromatic rings. The van der Waals surface area contributed by atoms with E-state index in [1.807, 2.05) is 0 Å². The van der Waals surface area contributed by atoms with Crippen molar-refractivity contribution in [3.05, 3.63) is 0 Å².